The lowest BCUT2D eigenvalue weighted by atomic mass is 10.2. The predicted molar refractivity (Wildman–Crippen MR) is 104 cm³/mol. The van der Waals surface area contributed by atoms with Crippen molar-refractivity contribution < 1.29 is 4.79 Å². The van der Waals surface area contributed by atoms with Crippen LogP contribution in [0.2, 0.25) is 0 Å². The molecule has 0 unspecified atom stereocenters. The van der Waals surface area contributed by atoms with E-state index in [1.807, 2.05) is 66.3 Å². The molecule has 26 heavy (non-hydrogen) atoms. The standard InChI is InChI=1S/C18H22N6OS/c1-22(2)10-11-23-13-15(12-20-23)21-17(25)14-4-6-16(7-5-14)24-9-8-19-18(24)26-3/h4-9,12-13H,10-11H2,1-3H3,(H,21,25). The van der Waals surface area contributed by atoms with Crippen LogP contribution in [0.3, 0.4) is 0 Å². The number of aromatic nitrogens is 4. The Hall–Kier alpha value is -2.58. The summed E-state index contributed by atoms with van der Waals surface area (Å²) in [6, 6.07) is 7.45. The third kappa shape index (κ3) is 4.33. The van der Waals surface area contributed by atoms with Gasteiger partial charge in [0.15, 0.2) is 5.16 Å². The molecule has 0 radical (unpaired) electrons. The van der Waals surface area contributed by atoms with Crippen molar-refractivity contribution in [2.75, 3.05) is 32.2 Å². The molecule has 0 aliphatic rings. The summed E-state index contributed by atoms with van der Waals surface area (Å²) in [7, 11) is 4.03. The molecule has 136 valence electrons. The maximum Gasteiger partial charge on any atom is 0.255 e. The van der Waals surface area contributed by atoms with Crippen molar-refractivity contribution in [3.8, 4) is 5.69 Å². The van der Waals surface area contributed by atoms with E-state index in [1.165, 1.54) is 0 Å². The first-order valence-electron chi connectivity index (χ1n) is 8.23. The Morgan fingerprint density at radius 1 is 1.27 bits per heavy atom. The van der Waals surface area contributed by atoms with Crippen molar-refractivity contribution in [3.05, 3.63) is 54.6 Å². The van der Waals surface area contributed by atoms with Crippen LogP contribution in [0.15, 0.2) is 54.2 Å². The van der Waals surface area contributed by atoms with Gasteiger partial charge in [-0.2, -0.15) is 5.10 Å². The number of carbonyl (C=O) groups excluding carboxylic acids is 1. The number of carbonyl (C=O) groups is 1. The van der Waals surface area contributed by atoms with Crippen molar-refractivity contribution in [1.82, 2.24) is 24.2 Å². The predicted octanol–water partition coefficient (Wildman–Crippen LogP) is 2.60. The van der Waals surface area contributed by atoms with Gasteiger partial charge in [-0.05, 0) is 44.6 Å². The summed E-state index contributed by atoms with van der Waals surface area (Å²) in [6.07, 6.45) is 9.16. The molecule has 7 nitrogen and oxygen atoms in total. The van der Waals surface area contributed by atoms with Crippen LogP contribution in [-0.2, 0) is 6.54 Å². The van der Waals surface area contributed by atoms with Crippen LogP contribution >= 0.6 is 11.8 Å². The van der Waals surface area contributed by atoms with Crippen molar-refractivity contribution in [3.63, 3.8) is 0 Å². The summed E-state index contributed by atoms with van der Waals surface area (Å²) in [6.45, 7) is 1.67. The van der Waals surface area contributed by atoms with Gasteiger partial charge in [0.05, 0.1) is 18.4 Å². The number of anilines is 1. The summed E-state index contributed by atoms with van der Waals surface area (Å²) in [4.78, 5) is 18.8. The summed E-state index contributed by atoms with van der Waals surface area (Å²) in [5.41, 5.74) is 2.26. The normalized spacial score (nSPS) is 11.1. The van der Waals surface area contributed by atoms with E-state index in [2.05, 4.69) is 20.3 Å². The number of amides is 1. The number of imidazole rings is 1. The zero-order chi connectivity index (χ0) is 18.5. The van der Waals surface area contributed by atoms with Crippen LogP contribution in [0.5, 0.6) is 0 Å². The van der Waals surface area contributed by atoms with Crippen LogP contribution in [-0.4, -0.2) is 57.0 Å². The van der Waals surface area contributed by atoms with E-state index in [9.17, 15) is 4.79 Å². The van der Waals surface area contributed by atoms with Gasteiger partial charge in [-0.1, -0.05) is 11.8 Å². The van der Waals surface area contributed by atoms with E-state index < -0.39 is 0 Å². The number of nitrogens with zero attached hydrogens (tertiary/aromatic N) is 5. The number of hydrogen-bond acceptors (Lipinski definition) is 5. The molecular formula is C18H22N6OS. The van der Waals surface area contributed by atoms with E-state index >= 15 is 0 Å². The average molecular weight is 370 g/mol. The van der Waals surface area contributed by atoms with Crippen LogP contribution < -0.4 is 5.32 Å². The second-order valence-electron chi connectivity index (χ2n) is 6.08. The summed E-state index contributed by atoms with van der Waals surface area (Å²) < 4.78 is 3.81. The van der Waals surface area contributed by atoms with Crippen LogP contribution in [0.1, 0.15) is 10.4 Å². The monoisotopic (exact) mass is 370 g/mol. The first kappa shape index (κ1) is 18.2. The minimum Gasteiger partial charge on any atom is -0.319 e. The smallest absolute Gasteiger partial charge is 0.255 e. The van der Waals surface area contributed by atoms with Gasteiger partial charge in [0, 0.05) is 36.4 Å². The Labute approximate surface area is 157 Å². The molecule has 8 heteroatoms. The lowest BCUT2D eigenvalue weighted by molar-refractivity contribution is 0.102. The molecule has 3 aromatic rings. The summed E-state index contributed by atoms with van der Waals surface area (Å²) in [5.74, 6) is -0.153. The third-order valence-electron chi connectivity index (χ3n) is 3.86. The topological polar surface area (TPSA) is 68.0 Å². The van der Waals surface area contributed by atoms with Gasteiger partial charge in [-0.3, -0.25) is 14.0 Å². The highest BCUT2D eigenvalue weighted by atomic mass is 32.2. The zero-order valence-corrected chi connectivity index (χ0v) is 15.9. The van der Waals surface area contributed by atoms with Crippen molar-refractivity contribution in [2.24, 2.45) is 0 Å². The highest BCUT2D eigenvalue weighted by Crippen LogP contribution is 2.19. The Balaban J connectivity index is 1.65. The fraction of sp³-hybridized carbons (Fsp3) is 0.278. The van der Waals surface area contributed by atoms with Gasteiger partial charge in [0.25, 0.3) is 5.91 Å². The quantitative estimate of drug-likeness (QED) is 0.648. The van der Waals surface area contributed by atoms with Crippen molar-refractivity contribution >= 4 is 23.4 Å². The number of benzene rings is 1. The molecule has 1 aromatic carbocycles. The van der Waals surface area contributed by atoms with Gasteiger partial charge < -0.3 is 10.2 Å². The Bertz CT molecular complexity index is 868. The number of nitrogens with one attached hydrogen (secondary N) is 1. The van der Waals surface area contributed by atoms with Crippen LogP contribution in [0, 0.1) is 0 Å². The minimum atomic E-state index is -0.153. The third-order valence-corrected chi connectivity index (χ3v) is 4.53. The number of likely N-dealkylation sites (N-methyl/N-ethyl adjacent to an activating group) is 1. The largest absolute Gasteiger partial charge is 0.319 e. The van der Waals surface area contributed by atoms with E-state index in [4.69, 9.17) is 0 Å². The maximum atomic E-state index is 12.4. The van der Waals surface area contributed by atoms with E-state index in [-0.39, 0.29) is 5.91 Å². The first-order chi connectivity index (χ1) is 12.6. The number of rotatable bonds is 7. The average Bonchev–Trinajstić information content (AvgIpc) is 3.29. The molecule has 0 saturated heterocycles. The summed E-state index contributed by atoms with van der Waals surface area (Å²) >= 11 is 1.58. The zero-order valence-electron chi connectivity index (χ0n) is 15.1. The molecule has 2 aromatic heterocycles. The van der Waals surface area contributed by atoms with Gasteiger partial charge in [-0.15, -0.1) is 0 Å². The molecule has 0 aliphatic heterocycles. The lowest BCUT2D eigenvalue weighted by Crippen LogP contribution is -2.18. The molecule has 0 aliphatic carbocycles. The van der Waals surface area contributed by atoms with E-state index in [1.54, 1.807) is 24.2 Å². The van der Waals surface area contributed by atoms with Crippen molar-refractivity contribution in [2.45, 2.75) is 11.7 Å². The molecule has 3 rings (SSSR count). The molecule has 2 heterocycles. The SMILES string of the molecule is CSc1nccn1-c1ccc(C(=O)Nc2cnn(CCN(C)C)c2)cc1. The first-order valence-corrected chi connectivity index (χ1v) is 9.45. The summed E-state index contributed by atoms with van der Waals surface area (Å²) in [5, 5.41) is 8.06. The molecule has 1 amide bonds. The van der Waals surface area contributed by atoms with E-state index in [0.29, 0.717) is 11.3 Å². The molecule has 0 fully saturated rings. The van der Waals surface area contributed by atoms with E-state index in [0.717, 1.165) is 23.9 Å². The highest BCUT2D eigenvalue weighted by Gasteiger charge is 2.09. The van der Waals surface area contributed by atoms with Crippen LogP contribution in [0.4, 0.5) is 5.69 Å². The van der Waals surface area contributed by atoms with Gasteiger partial charge in [0.2, 0.25) is 0 Å². The minimum absolute atomic E-state index is 0.153. The fourth-order valence-corrected chi connectivity index (χ4v) is 3.00. The highest BCUT2D eigenvalue weighted by molar-refractivity contribution is 7.98. The molecule has 0 saturated carbocycles. The lowest BCUT2D eigenvalue weighted by Gasteiger charge is -2.08. The van der Waals surface area contributed by atoms with Gasteiger partial charge in [-0.25, -0.2) is 4.98 Å². The molecule has 0 atom stereocenters. The van der Waals surface area contributed by atoms with Crippen molar-refractivity contribution in [1.29, 1.82) is 0 Å². The molecule has 0 bridgehead atoms. The second-order valence-corrected chi connectivity index (χ2v) is 6.85. The Morgan fingerprint density at radius 2 is 2.04 bits per heavy atom. The van der Waals surface area contributed by atoms with Gasteiger partial charge >= 0.3 is 0 Å². The fourth-order valence-electron chi connectivity index (χ4n) is 2.47. The Morgan fingerprint density at radius 3 is 2.73 bits per heavy atom. The second kappa shape index (κ2) is 8.20. The Kier molecular flexibility index (Phi) is 5.75. The maximum absolute atomic E-state index is 12.4. The molecule has 1 N–H and O–H groups in total. The van der Waals surface area contributed by atoms with Gasteiger partial charge in [0.1, 0.15) is 0 Å². The number of hydrogen-bond donors (Lipinski definition) is 1. The molecule has 0 spiro atoms. The molecular weight excluding hydrogens is 348 g/mol. The van der Waals surface area contributed by atoms with Crippen LogP contribution in [0.25, 0.3) is 5.69 Å². The number of thioether (sulfide) groups is 1.